The fourth-order valence-corrected chi connectivity index (χ4v) is 1.91. The highest BCUT2D eigenvalue weighted by atomic mass is 32.1. The van der Waals surface area contributed by atoms with Gasteiger partial charge < -0.3 is 15.7 Å². The quantitative estimate of drug-likeness (QED) is 0.651. The SMILES string of the molecule is O=C(O)CCCCNC(=O)NCc1ccsc1. The molecule has 17 heavy (non-hydrogen) atoms. The summed E-state index contributed by atoms with van der Waals surface area (Å²) < 4.78 is 0. The van der Waals surface area contributed by atoms with Crippen molar-refractivity contribution in [3.63, 3.8) is 0 Å². The predicted molar refractivity (Wildman–Crippen MR) is 66.0 cm³/mol. The number of urea groups is 1. The largest absolute Gasteiger partial charge is 0.481 e. The van der Waals surface area contributed by atoms with Gasteiger partial charge in [-0.15, -0.1) is 0 Å². The van der Waals surface area contributed by atoms with E-state index in [2.05, 4.69) is 10.6 Å². The summed E-state index contributed by atoms with van der Waals surface area (Å²) in [5.41, 5.74) is 1.08. The van der Waals surface area contributed by atoms with Gasteiger partial charge in [-0.2, -0.15) is 11.3 Å². The fraction of sp³-hybridized carbons (Fsp3) is 0.455. The molecule has 3 N–H and O–H groups in total. The van der Waals surface area contributed by atoms with Gasteiger partial charge in [-0.25, -0.2) is 4.79 Å². The molecule has 0 saturated heterocycles. The van der Waals surface area contributed by atoms with Crippen LogP contribution in [0, 0.1) is 0 Å². The van der Waals surface area contributed by atoms with Crippen molar-refractivity contribution in [3.05, 3.63) is 22.4 Å². The van der Waals surface area contributed by atoms with Crippen LogP contribution in [0.1, 0.15) is 24.8 Å². The van der Waals surface area contributed by atoms with Crippen molar-refractivity contribution in [2.24, 2.45) is 0 Å². The Balaban J connectivity index is 2.00. The van der Waals surface area contributed by atoms with Gasteiger partial charge in [0.05, 0.1) is 0 Å². The van der Waals surface area contributed by atoms with Gasteiger partial charge in [0, 0.05) is 19.5 Å². The van der Waals surface area contributed by atoms with Crippen molar-refractivity contribution in [2.45, 2.75) is 25.8 Å². The molecular formula is C11H16N2O3S. The maximum atomic E-state index is 11.3. The van der Waals surface area contributed by atoms with E-state index in [1.165, 1.54) is 0 Å². The third-order valence-corrected chi connectivity index (χ3v) is 2.87. The van der Waals surface area contributed by atoms with Crippen LogP contribution in [0.2, 0.25) is 0 Å². The van der Waals surface area contributed by atoms with E-state index in [0.29, 0.717) is 25.9 Å². The van der Waals surface area contributed by atoms with Crippen LogP contribution < -0.4 is 10.6 Å². The average Bonchev–Trinajstić information content (AvgIpc) is 2.78. The summed E-state index contributed by atoms with van der Waals surface area (Å²) in [6, 6.07) is 1.74. The van der Waals surface area contributed by atoms with E-state index in [9.17, 15) is 9.59 Å². The van der Waals surface area contributed by atoms with Gasteiger partial charge in [-0.1, -0.05) is 0 Å². The maximum Gasteiger partial charge on any atom is 0.315 e. The zero-order chi connectivity index (χ0) is 12.5. The molecule has 1 rings (SSSR count). The van der Waals surface area contributed by atoms with Crippen LogP contribution in [0.25, 0.3) is 0 Å². The number of rotatable bonds is 7. The zero-order valence-corrected chi connectivity index (χ0v) is 10.3. The van der Waals surface area contributed by atoms with E-state index < -0.39 is 5.97 Å². The van der Waals surface area contributed by atoms with Crippen molar-refractivity contribution < 1.29 is 14.7 Å². The monoisotopic (exact) mass is 256 g/mol. The normalized spacial score (nSPS) is 9.88. The maximum absolute atomic E-state index is 11.3. The van der Waals surface area contributed by atoms with Crippen LogP contribution in [-0.4, -0.2) is 23.7 Å². The van der Waals surface area contributed by atoms with Gasteiger partial charge in [-0.3, -0.25) is 4.79 Å². The van der Waals surface area contributed by atoms with Crippen molar-refractivity contribution in [3.8, 4) is 0 Å². The molecule has 0 unspecified atom stereocenters. The molecule has 1 heterocycles. The van der Waals surface area contributed by atoms with Crippen molar-refractivity contribution in [2.75, 3.05) is 6.54 Å². The van der Waals surface area contributed by atoms with E-state index in [1.807, 2.05) is 16.8 Å². The van der Waals surface area contributed by atoms with E-state index >= 15 is 0 Å². The lowest BCUT2D eigenvalue weighted by Crippen LogP contribution is -2.35. The molecule has 0 aromatic carbocycles. The topological polar surface area (TPSA) is 78.4 Å². The number of hydrogen-bond donors (Lipinski definition) is 3. The first-order chi connectivity index (χ1) is 8.18. The summed E-state index contributed by atoms with van der Waals surface area (Å²) >= 11 is 1.59. The molecule has 0 fully saturated rings. The highest BCUT2D eigenvalue weighted by Crippen LogP contribution is 2.04. The smallest absolute Gasteiger partial charge is 0.315 e. The second-order valence-corrected chi connectivity index (χ2v) is 4.37. The van der Waals surface area contributed by atoms with Crippen molar-refractivity contribution in [1.82, 2.24) is 10.6 Å². The summed E-state index contributed by atoms with van der Waals surface area (Å²) in [6.07, 6.45) is 1.41. The number of thiophene rings is 1. The molecule has 0 saturated carbocycles. The van der Waals surface area contributed by atoms with E-state index in [-0.39, 0.29) is 12.5 Å². The number of unbranched alkanes of at least 4 members (excludes halogenated alkanes) is 1. The van der Waals surface area contributed by atoms with Gasteiger partial charge in [-0.05, 0) is 35.2 Å². The summed E-state index contributed by atoms with van der Waals surface area (Å²) in [5, 5.41) is 17.8. The number of hydrogen-bond acceptors (Lipinski definition) is 3. The third-order valence-electron chi connectivity index (χ3n) is 2.14. The zero-order valence-electron chi connectivity index (χ0n) is 9.44. The first kappa shape index (κ1) is 13.5. The average molecular weight is 256 g/mol. The number of carbonyl (C=O) groups excluding carboxylic acids is 1. The molecule has 6 heteroatoms. The summed E-state index contributed by atoms with van der Waals surface area (Å²) in [7, 11) is 0. The van der Waals surface area contributed by atoms with Gasteiger partial charge in [0.15, 0.2) is 0 Å². The van der Waals surface area contributed by atoms with Crippen molar-refractivity contribution in [1.29, 1.82) is 0 Å². The molecule has 1 aromatic heterocycles. The lowest BCUT2D eigenvalue weighted by molar-refractivity contribution is -0.137. The standard InChI is InChI=1S/C11H16N2O3S/c14-10(15)3-1-2-5-12-11(16)13-7-9-4-6-17-8-9/h4,6,8H,1-3,5,7H2,(H,14,15)(H2,12,13,16). The third kappa shape index (κ3) is 6.57. The van der Waals surface area contributed by atoms with Crippen LogP contribution in [0.4, 0.5) is 4.79 Å². The molecule has 5 nitrogen and oxygen atoms in total. The Hall–Kier alpha value is -1.56. The molecular weight excluding hydrogens is 240 g/mol. The van der Waals surface area contributed by atoms with Crippen LogP contribution in [0.15, 0.2) is 16.8 Å². The van der Waals surface area contributed by atoms with Crippen LogP contribution in [0.5, 0.6) is 0 Å². The van der Waals surface area contributed by atoms with Gasteiger partial charge in [0.2, 0.25) is 0 Å². The molecule has 0 radical (unpaired) electrons. The molecule has 0 spiro atoms. The molecule has 0 aliphatic rings. The van der Waals surface area contributed by atoms with Gasteiger partial charge in [0.25, 0.3) is 0 Å². The highest BCUT2D eigenvalue weighted by Gasteiger charge is 2.00. The molecule has 0 bridgehead atoms. The Kier molecular flexibility index (Phi) is 6.09. The minimum absolute atomic E-state index is 0.151. The molecule has 0 aliphatic carbocycles. The molecule has 0 aliphatic heterocycles. The Bertz CT molecular complexity index is 352. The molecule has 0 atom stereocenters. The van der Waals surface area contributed by atoms with Crippen LogP contribution in [0.3, 0.4) is 0 Å². The lowest BCUT2D eigenvalue weighted by Gasteiger charge is -2.06. The minimum atomic E-state index is -0.799. The van der Waals surface area contributed by atoms with Gasteiger partial charge in [0.1, 0.15) is 0 Å². The Morgan fingerprint density at radius 1 is 1.29 bits per heavy atom. The number of amides is 2. The summed E-state index contributed by atoms with van der Waals surface area (Å²) in [4.78, 5) is 21.5. The Morgan fingerprint density at radius 3 is 2.76 bits per heavy atom. The second kappa shape index (κ2) is 7.67. The summed E-state index contributed by atoms with van der Waals surface area (Å²) in [6.45, 7) is 1.02. The van der Waals surface area contributed by atoms with Gasteiger partial charge >= 0.3 is 12.0 Å². The van der Waals surface area contributed by atoms with E-state index in [1.54, 1.807) is 11.3 Å². The van der Waals surface area contributed by atoms with Crippen LogP contribution >= 0.6 is 11.3 Å². The Morgan fingerprint density at radius 2 is 2.12 bits per heavy atom. The number of carboxylic acid groups (broad SMARTS) is 1. The number of aliphatic carboxylic acids is 1. The highest BCUT2D eigenvalue weighted by molar-refractivity contribution is 7.07. The molecule has 1 aromatic rings. The first-order valence-corrected chi connectivity index (χ1v) is 6.37. The van der Waals surface area contributed by atoms with Crippen molar-refractivity contribution >= 4 is 23.3 Å². The number of carboxylic acids is 1. The predicted octanol–water partition coefficient (Wildman–Crippen LogP) is 1.80. The fourth-order valence-electron chi connectivity index (χ4n) is 1.24. The molecule has 94 valence electrons. The number of nitrogens with one attached hydrogen (secondary N) is 2. The van der Waals surface area contributed by atoms with E-state index in [4.69, 9.17) is 5.11 Å². The Labute approximate surface area is 104 Å². The second-order valence-electron chi connectivity index (χ2n) is 3.59. The molecule has 2 amide bonds. The minimum Gasteiger partial charge on any atom is -0.481 e. The first-order valence-electron chi connectivity index (χ1n) is 5.43. The summed E-state index contributed by atoms with van der Waals surface area (Å²) in [5.74, 6) is -0.799. The van der Waals surface area contributed by atoms with E-state index in [0.717, 1.165) is 5.56 Å². The lowest BCUT2D eigenvalue weighted by atomic mass is 10.2. The van der Waals surface area contributed by atoms with Crippen LogP contribution in [-0.2, 0) is 11.3 Å². The number of carbonyl (C=O) groups is 2.